The molecule has 2 N–H and O–H groups in total. The molecule has 0 aromatic rings. The Morgan fingerprint density at radius 3 is 2.67 bits per heavy atom. The highest BCUT2D eigenvalue weighted by molar-refractivity contribution is 5.73. The Kier molecular flexibility index (Phi) is 8.33. The number of aliphatic hydroxyl groups excluding tert-OH is 1. The van der Waals surface area contributed by atoms with Gasteiger partial charge in [0.1, 0.15) is 0 Å². The summed E-state index contributed by atoms with van der Waals surface area (Å²) >= 11 is 0. The Morgan fingerprint density at radius 1 is 1.17 bits per heavy atom. The van der Waals surface area contributed by atoms with Gasteiger partial charge in [0, 0.05) is 32.1 Å². The van der Waals surface area contributed by atoms with Crippen LogP contribution in [0, 0.1) is 5.92 Å². The van der Waals surface area contributed by atoms with E-state index in [2.05, 4.69) is 17.1 Å². The minimum Gasteiger partial charge on any atom is -0.393 e. The van der Waals surface area contributed by atoms with E-state index in [1.165, 1.54) is 32.2 Å². The first-order valence-corrected chi connectivity index (χ1v) is 9.99. The van der Waals surface area contributed by atoms with Crippen LogP contribution >= 0.6 is 0 Å². The zero-order chi connectivity index (χ0) is 17.4. The Labute approximate surface area is 147 Å². The van der Waals surface area contributed by atoms with Crippen molar-refractivity contribution >= 4 is 6.03 Å². The van der Waals surface area contributed by atoms with Gasteiger partial charge >= 0.3 is 6.03 Å². The number of likely N-dealkylation sites (tertiary alicyclic amines) is 1. The van der Waals surface area contributed by atoms with Gasteiger partial charge in [-0.25, -0.2) is 4.79 Å². The van der Waals surface area contributed by atoms with Crippen LogP contribution in [0.5, 0.6) is 0 Å². The van der Waals surface area contributed by atoms with Gasteiger partial charge in [-0.05, 0) is 58.5 Å². The van der Waals surface area contributed by atoms with Crippen molar-refractivity contribution in [2.75, 3.05) is 33.2 Å². The number of hydrogen-bond donors (Lipinski definition) is 2. The molecule has 1 heterocycles. The highest BCUT2D eigenvalue weighted by Gasteiger charge is 2.25. The molecule has 1 saturated carbocycles. The predicted molar refractivity (Wildman–Crippen MR) is 98.1 cm³/mol. The molecule has 0 bridgehead atoms. The third-order valence-corrected chi connectivity index (χ3v) is 5.81. The fraction of sp³-hybridized carbons (Fsp3) is 0.947. The number of urea groups is 1. The maximum Gasteiger partial charge on any atom is 0.317 e. The largest absolute Gasteiger partial charge is 0.393 e. The molecule has 5 heteroatoms. The van der Waals surface area contributed by atoms with Crippen LogP contribution in [0.3, 0.4) is 0 Å². The standard InChI is InChI=1S/C19H37N3O2/c1-16-9-5-7-13-22(16)14-8-6-12-20-19(24)21(2)15-17-10-3-4-11-18(17)23/h16-18,23H,3-15H2,1-2H3,(H,20,24). The maximum atomic E-state index is 12.2. The van der Waals surface area contributed by atoms with Crippen LogP contribution in [0.15, 0.2) is 0 Å². The summed E-state index contributed by atoms with van der Waals surface area (Å²) in [4.78, 5) is 16.5. The summed E-state index contributed by atoms with van der Waals surface area (Å²) in [6.45, 7) is 6.13. The van der Waals surface area contributed by atoms with E-state index in [1.807, 2.05) is 7.05 Å². The molecule has 0 radical (unpaired) electrons. The number of hydrogen-bond acceptors (Lipinski definition) is 3. The van der Waals surface area contributed by atoms with Gasteiger partial charge in [-0.1, -0.05) is 19.3 Å². The number of aliphatic hydroxyl groups is 1. The third-order valence-electron chi connectivity index (χ3n) is 5.81. The molecular weight excluding hydrogens is 302 g/mol. The Morgan fingerprint density at radius 2 is 1.92 bits per heavy atom. The van der Waals surface area contributed by atoms with E-state index >= 15 is 0 Å². The lowest BCUT2D eigenvalue weighted by molar-refractivity contribution is 0.0565. The summed E-state index contributed by atoms with van der Waals surface area (Å²) < 4.78 is 0. The van der Waals surface area contributed by atoms with Crippen molar-refractivity contribution in [1.82, 2.24) is 15.1 Å². The predicted octanol–water partition coefficient (Wildman–Crippen LogP) is 2.83. The second-order valence-electron chi connectivity index (χ2n) is 7.81. The van der Waals surface area contributed by atoms with Gasteiger partial charge in [0.2, 0.25) is 0 Å². The average Bonchev–Trinajstić information content (AvgIpc) is 2.58. The molecule has 1 aliphatic carbocycles. The fourth-order valence-corrected chi connectivity index (χ4v) is 4.10. The molecular formula is C19H37N3O2. The first-order chi connectivity index (χ1) is 11.6. The number of nitrogens with zero attached hydrogens (tertiary/aromatic N) is 2. The highest BCUT2D eigenvalue weighted by Crippen LogP contribution is 2.24. The summed E-state index contributed by atoms with van der Waals surface area (Å²) in [6, 6.07) is 0.723. The van der Waals surface area contributed by atoms with Gasteiger partial charge < -0.3 is 20.2 Å². The van der Waals surface area contributed by atoms with Crippen molar-refractivity contribution in [2.24, 2.45) is 5.92 Å². The molecule has 0 aromatic heterocycles. The van der Waals surface area contributed by atoms with Crippen LogP contribution in [0.4, 0.5) is 4.79 Å². The van der Waals surface area contributed by atoms with Gasteiger partial charge in [0.05, 0.1) is 6.10 Å². The molecule has 2 rings (SSSR count). The van der Waals surface area contributed by atoms with Crippen molar-refractivity contribution < 1.29 is 9.90 Å². The van der Waals surface area contributed by atoms with Crippen LogP contribution in [-0.4, -0.2) is 66.3 Å². The zero-order valence-corrected chi connectivity index (χ0v) is 15.7. The van der Waals surface area contributed by atoms with Crippen LogP contribution in [0.2, 0.25) is 0 Å². The summed E-state index contributed by atoms with van der Waals surface area (Å²) in [5, 5.41) is 13.1. The Bertz CT molecular complexity index is 378. The smallest absolute Gasteiger partial charge is 0.317 e. The van der Waals surface area contributed by atoms with E-state index in [4.69, 9.17) is 0 Å². The maximum absolute atomic E-state index is 12.2. The molecule has 2 aliphatic rings. The van der Waals surface area contributed by atoms with Gasteiger partial charge in [0.25, 0.3) is 0 Å². The topological polar surface area (TPSA) is 55.8 Å². The van der Waals surface area contributed by atoms with Crippen molar-refractivity contribution in [2.45, 2.75) is 76.9 Å². The van der Waals surface area contributed by atoms with E-state index in [0.29, 0.717) is 6.54 Å². The monoisotopic (exact) mass is 339 g/mol. The molecule has 5 nitrogen and oxygen atoms in total. The third kappa shape index (κ3) is 6.25. The second-order valence-corrected chi connectivity index (χ2v) is 7.81. The van der Waals surface area contributed by atoms with Crippen LogP contribution < -0.4 is 5.32 Å². The lowest BCUT2D eigenvalue weighted by Crippen LogP contribution is -2.43. The number of carbonyl (C=O) groups is 1. The van der Waals surface area contributed by atoms with E-state index in [1.54, 1.807) is 4.90 Å². The second kappa shape index (κ2) is 10.2. The Hall–Kier alpha value is -0.810. The zero-order valence-electron chi connectivity index (χ0n) is 15.7. The van der Waals surface area contributed by atoms with E-state index < -0.39 is 0 Å². The van der Waals surface area contributed by atoms with Gasteiger partial charge in [0.15, 0.2) is 0 Å². The SMILES string of the molecule is CC1CCCCN1CCCCNC(=O)N(C)CC1CCCCC1O. The molecule has 0 spiro atoms. The number of carbonyl (C=O) groups excluding carboxylic acids is 1. The minimum atomic E-state index is -0.236. The summed E-state index contributed by atoms with van der Waals surface area (Å²) in [5.41, 5.74) is 0. The molecule has 24 heavy (non-hydrogen) atoms. The van der Waals surface area contributed by atoms with E-state index in [-0.39, 0.29) is 18.1 Å². The van der Waals surface area contributed by atoms with Gasteiger partial charge in [-0.2, -0.15) is 0 Å². The summed E-state index contributed by atoms with van der Waals surface area (Å²) in [5.74, 6) is 0.245. The lowest BCUT2D eigenvalue weighted by atomic mass is 9.86. The molecule has 140 valence electrons. The van der Waals surface area contributed by atoms with Gasteiger partial charge in [-0.15, -0.1) is 0 Å². The van der Waals surface area contributed by atoms with Crippen molar-refractivity contribution in [3.8, 4) is 0 Å². The normalized spacial score (nSPS) is 28.5. The van der Waals surface area contributed by atoms with E-state index in [0.717, 1.165) is 51.2 Å². The highest BCUT2D eigenvalue weighted by atomic mass is 16.3. The minimum absolute atomic E-state index is 0.000820. The van der Waals surface area contributed by atoms with Crippen LogP contribution in [-0.2, 0) is 0 Å². The number of piperidine rings is 1. The van der Waals surface area contributed by atoms with Crippen molar-refractivity contribution in [1.29, 1.82) is 0 Å². The molecule has 3 atom stereocenters. The molecule has 1 aliphatic heterocycles. The number of nitrogens with one attached hydrogen (secondary N) is 1. The first kappa shape index (κ1) is 19.5. The molecule has 2 fully saturated rings. The average molecular weight is 340 g/mol. The first-order valence-electron chi connectivity index (χ1n) is 9.99. The Balaban J connectivity index is 1.55. The lowest BCUT2D eigenvalue weighted by Gasteiger charge is -2.33. The van der Waals surface area contributed by atoms with Crippen molar-refractivity contribution in [3.05, 3.63) is 0 Å². The van der Waals surface area contributed by atoms with E-state index in [9.17, 15) is 9.90 Å². The fourth-order valence-electron chi connectivity index (χ4n) is 4.10. The summed E-state index contributed by atoms with van der Waals surface area (Å²) in [7, 11) is 1.84. The van der Waals surface area contributed by atoms with Crippen LogP contribution in [0.25, 0.3) is 0 Å². The number of unbranched alkanes of at least 4 members (excludes halogenated alkanes) is 1. The molecule has 0 aromatic carbocycles. The molecule has 2 amide bonds. The molecule has 1 saturated heterocycles. The number of amides is 2. The number of rotatable bonds is 7. The molecule has 3 unspecified atom stereocenters. The summed E-state index contributed by atoms with van der Waals surface area (Å²) in [6.07, 6.45) is 10.2. The van der Waals surface area contributed by atoms with Gasteiger partial charge in [-0.3, -0.25) is 0 Å². The van der Waals surface area contributed by atoms with Crippen LogP contribution in [0.1, 0.15) is 64.7 Å². The van der Waals surface area contributed by atoms with Crippen molar-refractivity contribution in [3.63, 3.8) is 0 Å². The quantitative estimate of drug-likeness (QED) is 0.701.